The highest BCUT2D eigenvalue weighted by atomic mass is 32.2. The molecule has 0 bridgehead atoms. The van der Waals surface area contributed by atoms with E-state index in [0.29, 0.717) is 29.8 Å². The lowest BCUT2D eigenvalue weighted by Crippen LogP contribution is -2.33. The Balaban J connectivity index is 1.77. The monoisotopic (exact) mass is 361 g/mol. The van der Waals surface area contributed by atoms with E-state index in [-0.39, 0.29) is 5.60 Å². The van der Waals surface area contributed by atoms with Gasteiger partial charge in [-0.15, -0.1) is 5.73 Å². The van der Waals surface area contributed by atoms with Gasteiger partial charge in [-0.2, -0.15) is 4.31 Å². The van der Waals surface area contributed by atoms with Crippen molar-refractivity contribution in [2.45, 2.75) is 44.1 Å². The molecule has 1 aliphatic heterocycles. The standard InChI is InChI=1S/C20H27NO3S/c1-15(2)9-10-20(24-4)11-17-13-21(14-18(17)12-20)25(22,23)19-7-5-16(3)6-8-19/h5-8,10,17-18H,11-14H2,1-4H3/t17-,18+,20?. The van der Waals surface area contributed by atoms with Crippen molar-refractivity contribution in [2.75, 3.05) is 20.2 Å². The zero-order chi connectivity index (χ0) is 18.2. The van der Waals surface area contributed by atoms with E-state index in [4.69, 9.17) is 4.74 Å². The summed E-state index contributed by atoms with van der Waals surface area (Å²) in [6.45, 7) is 7.15. The first-order valence-electron chi connectivity index (χ1n) is 8.79. The molecule has 136 valence electrons. The first-order chi connectivity index (χ1) is 11.8. The molecule has 1 saturated heterocycles. The minimum Gasteiger partial charge on any atom is -0.373 e. The van der Waals surface area contributed by atoms with E-state index in [9.17, 15) is 8.42 Å². The quantitative estimate of drug-likeness (QED) is 0.771. The lowest BCUT2D eigenvalue weighted by molar-refractivity contribution is 0.0304. The highest BCUT2D eigenvalue weighted by Gasteiger charge is 2.50. The van der Waals surface area contributed by atoms with E-state index in [0.717, 1.165) is 24.0 Å². The van der Waals surface area contributed by atoms with Gasteiger partial charge in [0.1, 0.15) is 0 Å². The third kappa shape index (κ3) is 3.61. The van der Waals surface area contributed by atoms with Gasteiger partial charge in [0.15, 0.2) is 0 Å². The topological polar surface area (TPSA) is 46.6 Å². The normalized spacial score (nSPS) is 29.3. The summed E-state index contributed by atoms with van der Waals surface area (Å²) >= 11 is 0. The number of hydrogen-bond donors (Lipinski definition) is 0. The second kappa shape index (κ2) is 6.73. The van der Waals surface area contributed by atoms with Crippen LogP contribution in [0.3, 0.4) is 0 Å². The van der Waals surface area contributed by atoms with Gasteiger partial charge in [-0.25, -0.2) is 8.42 Å². The molecule has 1 unspecified atom stereocenters. The summed E-state index contributed by atoms with van der Waals surface area (Å²) in [4.78, 5) is 0.389. The first kappa shape index (κ1) is 18.4. The van der Waals surface area contributed by atoms with Gasteiger partial charge in [0.2, 0.25) is 10.0 Å². The number of nitrogens with zero attached hydrogens (tertiary/aromatic N) is 1. The van der Waals surface area contributed by atoms with E-state index in [2.05, 4.69) is 5.73 Å². The van der Waals surface area contributed by atoms with Crippen LogP contribution in [0.25, 0.3) is 0 Å². The minimum absolute atomic E-state index is 0.299. The molecule has 2 fully saturated rings. The molecular formula is C20H27NO3S. The summed E-state index contributed by atoms with van der Waals surface area (Å²) in [5.41, 5.74) is 5.16. The highest BCUT2D eigenvalue weighted by molar-refractivity contribution is 7.89. The SMILES string of the molecule is COC1(C=C=C(C)C)C[C@H]2CN(S(=O)(=O)c3ccc(C)cc3)C[C@H]2C1. The predicted molar refractivity (Wildman–Crippen MR) is 98.8 cm³/mol. The number of ether oxygens (including phenoxy) is 1. The maximum atomic E-state index is 12.9. The molecule has 0 amide bonds. The van der Waals surface area contributed by atoms with E-state index in [1.807, 2.05) is 39.0 Å². The second-order valence-corrected chi connectivity index (χ2v) is 9.56. The molecule has 0 radical (unpaired) electrons. The molecule has 0 N–H and O–H groups in total. The first-order valence-corrected chi connectivity index (χ1v) is 10.2. The molecular weight excluding hydrogens is 334 g/mol. The lowest BCUT2D eigenvalue weighted by Gasteiger charge is -2.26. The summed E-state index contributed by atoms with van der Waals surface area (Å²) in [6.07, 6.45) is 3.75. The van der Waals surface area contributed by atoms with Gasteiger partial charge in [0.05, 0.1) is 10.5 Å². The zero-order valence-corrected chi connectivity index (χ0v) is 16.3. The molecule has 1 aromatic rings. The van der Waals surface area contributed by atoms with Crippen molar-refractivity contribution in [1.29, 1.82) is 0 Å². The smallest absolute Gasteiger partial charge is 0.243 e. The second-order valence-electron chi connectivity index (χ2n) is 7.62. The fraction of sp³-hybridized carbons (Fsp3) is 0.550. The van der Waals surface area contributed by atoms with Crippen LogP contribution >= 0.6 is 0 Å². The Labute approximate surface area is 151 Å². The van der Waals surface area contributed by atoms with Gasteiger partial charge in [0, 0.05) is 20.2 Å². The summed E-state index contributed by atoms with van der Waals surface area (Å²) < 4.78 is 33.2. The van der Waals surface area contributed by atoms with Crippen LogP contribution in [-0.4, -0.2) is 38.5 Å². The molecule has 25 heavy (non-hydrogen) atoms. The Hall–Kier alpha value is -1.39. The molecule has 4 nitrogen and oxygen atoms in total. The summed E-state index contributed by atoms with van der Waals surface area (Å²) in [5.74, 6) is 0.686. The average molecular weight is 362 g/mol. The van der Waals surface area contributed by atoms with Crippen molar-refractivity contribution >= 4 is 10.0 Å². The van der Waals surface area contributed by atoms with E-state index >= 15 is 0 Å². The molecule has 1 saturated carbocycles. The fourth-order valence-corrected chi connectivity index (χ4v) is 5.56. The van der Waals surface area contributed by atoms with Crippen LogP contribution in [0.15, 0.2) is 46.5 Å². The van der Waals surface area contributed by atoms with E-state index in [1.165, 1.54) is 0 Å². The molecule has 3 rings (SSSR count). The summed E-state index contributed by atoms with van der Waals surface area (Å²) in [5, 5.41) is 0. The van der Waals surface area contributed by atoms with E-state index < -0.39 is 10.0 Å². The fourth-order valence-electron chi connectivity index (χ4n) is 4.00. The van der Waals surface area contributed by atoms with Gasteiger partial charge >= 0.3 is 0 Å². The van der Waals surface area contributed by atoms with Gasteiger partial charge in [-0.1, -0.05) is 17.7 Å². The van der Waals surface area contributed by atoms with Crippen LogP contribution in [0.1, 0.15) is 32.3 Å². The Kier molecular flexibility index (Phi) is 4.95. The Morgan fingerprint density at radius 3 is 2.24 bits per heavy atom. The highest BCUT2D eigenvalue weighted by Crippen LogP contribution is 2.47. The Morgan fingerprint density at radius 1 is 1.20 bits per heavy atom. The van der Waals surface area contributed by atoms with Crippen LogP contribution in [-0.2, 0) is 14.8 Å². The summed E-state index contributed by atoms with van der Waals surface area (Å²) in [6, 6.07) is 7.11. The van der Waals surface area contributed by atoms with Gasteiger partial charge in [-0.3, -0.25) is 0 Å². The Morgan fingerprint density at radius 2 is 1.76 bits per heavy atom. The van der Waals surface area contributed by atoms with Crippen LogP contribution in [0, 0.1) is 18.8 Å². The van der Waals surface area contributed by atoms with Crippen molar-refractivity contribution < 1.29 is 13.2 Å². The minimum atomic E-state index is -3.40. The molecule has 3 atom stereocenters. The van der Waals surface area contributed by atoms with Gasteiger partial charge < -0.3 is 4.74 Å². The molecule has 1 heterocycles. The summed E-state index contributed by atoms with van der Waals surface area (Å²) in [7, 11) is -1.66. The molecule has 2 aliphatic rings. The molecule has 0 spiro atoms. The van der Waals surface area contributed by atoms with Crippen molar-refractivity contribution in [3.8, 4) is 0 Å². The van der Waals surface area contributed by atoms with Gasteiger partial charge in [-0.05, 0) is 69.2 Å². The van der Waals surface area contributed by atoms with Crippen molar-refractivity contribution in [3.05, 3.63) is 47.2 Å². The third-order valence-electron chi connectivity index (χ3n) is 5.45. The van der Waals surface area contributed by atoms with E-state index in [1.54, 1.807) is 23.5 Å². The zero-order valence-electron chi connectivity index (χ0n) is 15.5. The predicted octanol–water partition coefficient (Wildman–Crippen LogP) is 3.53. The lowest BCUT2D eigenvalue weighted by atomic mass is 9.99. The number of aryl methyl sites for hydroxylation is 1. The number of sulfonamides is 1. The van der Waals surface area contributed by atoms with Crippen LogP contribution in [0.2, 0.25) is 0 Å². The number of rotatable bonds is 4. The maximum Gasteiger partial charge on any atom is 0.243 e. The number of fused-ring (bicyclic) bond motifs is 1. The number of benzene rings is 1. The van der Waals surface area contributed by atoms with Crippen molar-refractivity contribution in [3.63, 3.8) is 0 Å². The molecule has 0 aromatic heterocycles. The largest absolute Gasteiger partial charge is 0.373 e. The number of methoxy groups -OCH3 is 1. The van der Waals surface area contributed by atoms with Gasteiger partial charge in [0.25, 0.3) is 0 Å². The van der Waals surface area contributed by atoms with Crippen LogP contribution in [0.5, 0.6) is 0 Å². The maximum absolute atomic E-state index is 12.9. The van der Waals surface area contributed by atoms with Crippen molar-refractivity contribution in [1.82, 2.24) is 4.31 Å². The van der Waals surface area contributed by atoms with Crippen molar-refractivity contribution in [2.24, 2.45) is 11.8 Å². The molecule has 1 aliphatic carbocycles. The Bertz CT molecular complexity index is 786. The molecule has 5 heteroatoms. The molecule has 1 aromatic carbocycles. The average Bonchev–Trinajstić information content (AvgIpc) is 3.10. The van der Waals surface area contributed by atoms with Crippen LogP contribution in [0.4, 0.5) is 0 Å². The third-order valence-corrected chi connectivity index (χ3v) is 7.29. The number of hydrogen-bond acceptors (Lipinski definition) is 3. The van der Waals surface area contributed by atoms with Crippen LogP contribution < -0.4 is 0 Å².